The summed E-state index contributed by atoms with van der Waals surface area (Å²) in [5, 5.41) is 11.1. The molecule has 1 heterocycles. The van der Waals surface area contributed by atoms with Gasteiger partial charge in [-0.05, 0) is 24.6 Å². The van der Waals surface area contributed by atoms with E-state index in [0.717, 1.165) is 12.0 Å². The van der Waals surface area contributed by atoms with Gasteiger partial charge in [0.2, 0.25) is 11.8 Å². The molecule has 0 bridgehead atoms. The van der Waals surface area contributed by atoms with Gasteiger partial charge in [0.25, 0.3) is 0 Å². The van der Waals surface area contributed by atoms with Crippen molar-refractivity contribution >= 4 is 40.8 Å². The quantitative estimate of drug-likeness (QED) is 0.416. The lowest BCUT2D eigenvalue weighted by atomic mass is 10.1. The summed E-state index contributed by atoms with van der Waals surface area (Å²) in [6.45, 7) is 1.09. The van der Waals surface area contributed by atoms with Crippen molar-refractivity contribution in [2.24, 2.45) is 0 Å². The minimum atomic E-state index is -0.294. The Morgan fingerprint density at radius 2 is 1.75 bits per heavy atom. The predicted molar refractivity (Wildman–Crippen MR) is 126 cm³/mol. The van der Waals surface area contributed by atoms with Gasteiger partial charge in [0.1, 0.15) is 5.82 Å². The van der Waals surface area contributed by atoms with Gasteiger partial charge in [-0.2, -0.15) is 5.10 Å². The number of ether oxygens (including phenoxy) is 1. The van der Waals surface area contributed by atoms with E-state index >= 15 is 0 Å². The molecule has 0 saturated heterocycles. The van der Waals surface area contributed by atoms with E-state index < -0.39 is 0 Å². The second-order valence-corrected chi connectivity index (χ2v) is 7.85. The van der Waals surface area contributed by atoms with E-state index in [-0.39, 0.29) is 24.7 Å². The number of benzene rings is 2. The van der Waals surface area contributed by atoms with Crippen LogP contribution in [-0.2, 0) is 14.3 Å². The Hall–Kier alpha value is -2.87. The lowest BCUT2D eigenvalue weighted by molar-refractivity contribution is -0.124. The molecule has 0 aliphatic carbocycles. The minimum absolute atomic E-state index is 0.0450. The van der Waals surface area contributed by atoms with Gasteiger partial charge in [-0.25, -0.2) is 4.68 Å². The number of carbonyl (C=O) groups excluding carboxylic acids is 2. The summed E-state index contributed by atoms with van der Waals surface area (Å²) in [5.74, 6) is -0.00942. The van der Waals surface area contributed by atoms with Gasteiger partial charge < -0.3 is 15.4 Å². The third kappa shape index (κ3) is 6.56. The zero-order chi connectivity index (χ0) is 22.9. The van der Waals surface area contributed by atoms with E-state index in [0.29, 0.717) is 40.4 Å². The van der Waals surface area contributed by atoms with Crippen molar-refractivity contribution in [3.8, 4) is 16.9 Å². The third-order valence-electron chi connectivity index (χ3n) is 4.62. The number of carbonyl (C=O) groups is 2. The van der Waals surface area contributed by atoms with Crippen molar-refractivity contribution in [1.29, 1.82) is 0 Å². The first kappa shape index (κ1) is 23.8. The van der Waals surface area contributed by atoms with Crippen LogP contribution in [-0.4, -0.2) is 41.9 Å². The average molecular weight is 475 g/mol. The van der Waals surface area contributed by atoms with Gasteiger partial charge in [-0.1, -0.05) is 53.5 Å². The molecule has 0 saturated carbocycles. The molecular formula is C23H24Cl2N4O3. The number of hydrogen-bond acceptors (Lipinski definition) is 4. The zero-order valence-corrected chi connectivity index (χ0v) is 19.1. The van der Waals surface area contributed by atoms with Crippen molar-refractivity contribution in [1.82, 2.24) is 15.1 Å². The molecule has 9 heteroatoms. The lowest BCUT2D eigenvalue weighted by Crippen LogP contribution is -2.26. The van der Waals surface area contributed by atoms with E-state index in [9.17, 15) is 9.59 Å². The Balaban J connectivity index is 1.74. The normalized spacial score (nSPS) is 10.7. The first-order chi connectivity index (χ1) is 15.5. The van der Waals surface area contributed by atoms with Crippen LogP contribution in [0.25, 0.3) is 16.9 Å². The highest BCUT2D eigenvalue weighted by atomic mass is 35.5. The molecule has 32 heavy (non-hydrogen) atoms. The van der Waals surface area contributed by atoms with Crippen molar-refractivity contribution in [2.45, 2.75) is 19.3 Å². The van der Waals surface area contributed by atoms with Crippen LogP contribution >= 0.6 is 23.2 Å². The first-order valence-corrected chi connectivity index (χ1v) is 10.9. The fraction of sp³-hybridized carbons (Fsp3) is 0.261. The summed E-state index contributed by atoms with van der Waals surface area (Å²) in [6, 6.07) is 16.5. The van der Waals surface area contributed by atoms with Gasteiger partial charge >= 0.3 is 0 Å². The number of amides is 2. The summed E-state index contributed by atoms with van der Waals surface area (Å²) in [7, 11) is 1.61. The number of anilines is 1. The molecule has 7 nitrogen and oxygen atoms in total. The van der Waals surface area contributed by atoms with Gasteiger partial charge in [0.15, 0.2) is 0 Å². The second-order valence-electron chi connectivity index (χ2n) is 7.04. The van der Waals surface area contributed by atoms with Crippen molar-refractivity contribution in [2.75, 3.05) is 25.6 Å². The molecule has 2 aromatic carbocycles. The number of methoxy groups -OCH3 is 1. The molecule has 0 radical (unpaired) electrons. The fourth-order valence-corrected chi connectivity index (χ4v) is 3.29. The van der Waals surface area contributed by atoms with Crippen molar-refractivity contribution < 1.29 is 14.3 Å². The van der Waals surface area contributed by atoms with Gasteiger partial charge in [-0.3, -0.25) is 9.59 Å². The molecule has 0 atom stereocenters. The highest BCUT2D eigenvalue weighted by Gasteiger charge is 2.15. The maximum absolute atomic E-state index is 12.5. The maximum Gasteiger partial charge on any atom is 0.226 e. The molecule has 0 fully saturated rings. The monoisotopic (exact) mass is 474 g/mol. The van der Waals surface area contributed by atoms with E-state index in [1.165, 1.54) is 0 Å². The van der Waals surface area contributed by atoms with Crippen LogP contribution in [0.5, 0.6) is 0 Å². The Labute approximate surface area is 196 Å². The Morgan fingerprint density at radius 1 is 1.00 bits per heavy atom. The van der Waals surface area contributed by atoms with Crippen molar-refractivity contribution in [3.05, 3.63) is 64.6 Å². The standard InChI is InChI=1S/C23H24Cl2N4O3/c1-32-13-5-12-26-22(30)10-11-23(31)27-21-15-20(16-6-3-2-4-7-16)28-29(21)17-8-9-18(24)19(25)14-17/h2-4,6-9,14-15H,5,10-13H2,1H3,(H,26,30)(H,27,31). The molecule has 3 rings (SSSR count). The fourth-order valence-electron chi connectivity index (χ4n) is 3.00. The van der Waals surface area contributed by atoms with Crippen LogP contribution in [0.1, 0.15) is 19.3 Å². The third-order valence-corrected chi connectivity index (χ3v) is 5.36. The van der Waals surface area contributed by atoms with E-state index in [1.807, 2.05) is 30.3 Å². The van der Waals surface area contributed by atoms with Crippen LogP contribution in [0.15, 0.2) is 54.6 Å². The molecule has 2 amide bonds. The topological polar surface area (TPSA) is 85.2 Å². The largest absolute Gasteiger partial charge is 0.385 e. The zero-order valence-electron chi connectivity index (χ0n) is 17.6. The maximum atomic E-state index is 12.5. The number of rotatable bonds is 10. The van der Waals surface area contributed by atoms with E-state index in [1.54, 1.807) is 36.1 Å². The molecule has 0 unspecified atom stereocenters. The van der Waals surface area contributed by atoms with Crippen LogP contribution in [0.3, 0.4) is 0 Å². The van der Waals surface area contributed by atoms with Gasteiger partial charge in [0, 0.05) is 44.7 Å². The minimum Gasteiger partial charge on any atom is -0.385 e. The molecule has 0 aliphatic rings. The predicted octanol–water partition coefficient (Wildman–Crippen LogP) is 4.72. The SMILES string of the molecule is COCCCNC(=O)CCC(=O)Nc1cc(-c2ccccc2)nn1-c1ccc(Cl)c(Cl)c1. The molecule has 168 valence electrons. The highest BCUT2D eigenvalue weighted by Crippen LogP contribution is 2.29. The average Bonchev–Trinajstić information content (AvgIpc) is 3.21. The Morgan fingerprint density at radius 3 is 2.47 bits per heavy atom. The van der Waals surface area contributed by atoms with Crippen LogP contribution in [0.2, 0.25) is 10.0 Å². The number of nitrogens with one attached hydrogen (secondary N) is 2. The molecule has 0 aliphatic heterocycles. The van der Waals surface area contributed by atoms with Crippen molar-refractivity contribution in [3.63, 3.8) is 0 Å². The summed E-state index contributed by atoms with van der Waals surface area (Å²) in [5.41, 5.74) is 2.23. The van der Waals surface area contributed by atoms with Crippen LogP contribution < -0.4 is 10.6 Å². The smallest absolute Gasteiger partial charge is 0.226 e. The van der Waals surface area contributed by atoms with Gasteiger partial charge in [-0.15, -0.1) is 0 Å². The molecular weight excluding hydrogens is 451 g/mol. The lowest BCUT2D eigenvalue weighted by Gasteiger charge is -2.10. The van der Waals surface area contributed by atoms with E-state index in [2.05, 4.69) is 15.7 Å². The first-order valence-electron chi connectivity index (χ1n) is 10.1. The number of halogens is 2. The second kappa shape index (κ2) is 11.7. The van der Waals surface area contributed by atoms with E-state index in [4.69, 9.17) is 27.9 Å². The molecule has 3 aromatic rings. The summed E-state index contributed by atoms with van der Waals surface area (Å²) >= 11 is 12.2. The van der Waals surface area contributed by atoms with Crippen LogP contribution in [0, 0.1) is 0 Å². The number of nitrogens with zero attached hydrogens (tertiary/aromatic N) is 2. The van der Waals surface area contributed by atoms with Gasteiger partial charge in [0.05, 0.1) is 21.4 Å². The summed E-state index contributed by atoms with van der Waals surface area (Å²) < 4.78 is 6.53. The molecule has 0 spiro atoms. The Kier molecular flexibility index (Phi) is 8.67. The number of hydrogen-bond donors (Lipinski definition) is 2. The highest BCUT2D eigenvalue weighted by molar-refractivity contribution is 6.42. The Bertz CT molecular complexity index is 1070. The summed E-state index contributed by atoms with van der Waals surface area (Å²) in [6.07, 6.45) is 0.855. The number of aromatic nitrogens is 2. The molecule has 1 aromatic heterocycles. The van der Waals surface area contributed by atoms with Crippen LogP contribution in [0.4, 0.5) is 5.82 Å². The summed E-state index contributed by atoms with van der Waals surface area (Å²) in [4.78, 5) is 24.5. The molecule has 2 N–H and O–H groups in total.